The Kier molecular flexibility index (Phi) is 7.91. The molecule has 32 heavy (non-hydrogen) atoms. The number of benzene rings is 2. The van der Waals surface area contributed by atoms with Crippen molar-refractivity contribution in [3.8, 4) is 22.9 Å². The molecule has 0 radical (unpaired) electrons. The first-order chi connectivity index (χ1) is 15.5. The van der Waals surface area contributed by atoms with Gasteiger partial charge in [-0.25, -0.2) is 14.3 Å². The average Bonchev–Trinajstić information content (AvgIpc) is 3.09. The van der Waals surface area contributed by atoms with E-state index in [1.807, 2.05) is 36.4 Å². The van der Waals surface area contributed by atoms with E-state index in [1.165, 1.54) is 9.25 Å². The average molecular weight is 440 g/mol. The van der Waals surface area contributed by atoms with Crippen LogP contribution in [-0.2, 0) is 13.6 Å². The van der Waals surface area contributed by atoms with E-state index in [4.69, 9.17) is 9.47 Å². The van der Waals surface area contributed by atoms with Gasteiger partial charge in [0, 0.05) is 24.8 Å². The highest BCUT2D eigenvalue weighted by Gasteiger charge is 2.12. The Balaban J connectivity index is 1.51. The molecule has 0 spiro atoms. The van der Waals surface area contributed by atoms with Crippen LogP contribution < -0.4 is 25.8 Å². The molecule has 1 heterocycles. The van der Waals surface area contributed by atoms with Crippen molar-refractivity contribution in [2.45, 2.75) is 26.3 Å². The zero-order valence-corrected chi connectivity index (χ0v) is 18.6. The van der Waals surface area contributed by atoms with E-state index in [9.17, 15) is 9.59 Å². The molecule has 0 atom stereocenters. The van der Waals surface area contributed by atoms with Crippen LogP contribution in [0.3, 0.4) is 0 Å². The van der Waals surface area contributed by atoms with Crippen LogP contribution in [0.2, 0.25) is 0 Å². The molecule has 3 aromatic rings. The summed E-state index contributed by atoms with van der Waals surface area (Å²) in [4.78, 5) is 24.6. The second-order valence-corrected chi connectivity index (χ2v) is 7.22. The summed E-state index contributed by atoms with van der Waals surface area (Å²) in [6, 6.07) is 14.2. The molecule has 0 aliphatic rings. The van der Waals surface area contributed by atoms with Crippen molar-refractivity contribution in [2.24, 2.45) is 7.05 Å². The van der Waals surface area contributed by atoms with Crippen LogP contribution in [0.25, 0.3) is 11.4 Å². The van der Waals surface area contributed by atoms with E-state index < -0.39 is 0 Å². The third-order valence-corrected chi connectivity index (χ3v) is 4.88. The molecule has 0 aliphatic heterocycles. The molecule has 170 valence electrons. The van der Waals surface area contributed by atoms with Gasteiger partial charge < -0.3 is 20.1 Å². The van der Waals surface area contributed by atoms with Crippen molar-refractivity contribution in [3.05, 3.63) is 59.0 Å². The Morgan fingerprint density at radius 3 is 2.41 bits per heavy atom. The summed E-state index contributed by atoms with van der Waals surface area (Å²) >= 11 is 0. The molecule has 9 nitrogen and oxygen atoms in total. The van der Waals surface area contributed by atoms with Gasteiger partial charge >= 0.3 is 11.7 Å². The molecule has 2 N–H and O–H groups in total. The van der Waals surface area contributed by atoms with E-state index in [-0.39, 0.29) is 24.8 Å². The quantitative estimate of drug-likeness (QED) is 0.473. The zero-order valence-electron chi connectivity index (χ0n) is 18.6. The lowest BCUT2D eigenvalue weighted by Crippen LogP contribution is -2.34. The number of unbranched alkanes of at least 4 members (excludes halogenated alkanes) is 1. The number of hydrogen-bond donors (Lipinski definition) is 2. The highest BCUT2D eigenvalue weighted by atomic mass is 16.5. The number of nitrogens with zero attached hydrogens (tertiary/aromatic N) is 3. The fourth-order valence-corrected chi connectivity index (χ4v) is 3.04. The summed E-state index contributed by atoms with van der Waals surface area (Å²) < 4.78 is 13.6. The summed E-state index contributed by atoms with van der Waals surface area (Å²) in [5.74, 6) is 2.04. The maximum Gasteiger partial charge on any atom is 0.345 e. The van der Waals surface area contributed by atoms with E-state index in [2.05, 4.69) is 22.7 Å². The Hall–Kier alpha value is -3.75. The third-order valence-electron chi connectivity index (χ3n) is 4.88. The van der Waals surface area contributed by atoms with E-state index in [0.29, 0.717) is 18.1 Å². The molecule has 9 heteroatoms. The van der Waals surface area contributed by atoms with Crippen LogP contribution >= 0.6 is 0 Å². The van der Waals surface area contributed by atoms with Crippen LogP contribution in [0, 0.1) is 0 Å². The lowest BCUT2D eigenvalue weighted by Gasteiger charge is -2.09. The minimum atomic E-state index is -0.357. The number of anilines is 1. The van der Waals surface area contributed by atoms with Crippen molar-refractivity contribution >= 4 is 11.7 Å². The number of urea groups is 1. The summed E-state index contributed by atoms with van der Waals surface area (Å²) in [5, 5.41) is 9.90. The van der Waals surface area contributed by atoms with E-state index in [1.54, 1.807) is 26.3 Å². The number of amides is 2. The lowest BCUT2D eigenvalue weighted by atomic mass is 10.2. The van der Waals surface area contributed by atoms with Gasteiger partial charge in [0.05, 0.1) is 20.3 Å². The maximum absolute atomic E-state index is 12.5. The summed E-state index contributed by atoms with van der Waals surface area (Å²) in [6.07, 6.45) is 2.08. The summed E-state index contributed by atoms with van der Waals surface area (Å²) in [6.45, 7) is 3.29. The third kappa shape index (κ3) is 5.90. The van der Waals surface area contributed by atoms with Crippen LogP contribution in [0.4, 0.5) is 10.5 Å². The maximum atomic E-state index is 12.5. The predicted octanol–water partition coefficient (Wildman–Crippen LogP) is 3.26. The molecular weight excluding hydrogens is 410 g/mol. The first-order valence-electron chi connectivity index (χ1n) is 10.6. The molecule has 2 aromatic carbocycles. The predicted molar refractivity (Wildman–Crippen MR) is 123 cm³/mol. The topological polar surface area (TPSA) is 99.4 Å². The van der Waals surface area contributed by atoms with Gasteiger partial charge in [-0.1, -0.05) is 13.3 Å². The number of ether oxygens (including phenoxy) is 2. The zero-order chi connectivity index (χ0) is 22.9. The van der Waals surface area contributed by atoms with E-state index in [0.717, 1.165) is 29.9 Å². The molecule has 0 bridgehead atoms. The second-order valence-electron chi connectivity index (χ2n) is 7.22. The van der Waals surface area contributed by atoms with Gasteiger partial charge in [-0.3, -0.25) is 4.57 Å². The van der Waals surface area contributed by atoms with Crippen molar-refractivity contribution in [1.29, 1.82) is 0 Å². The lowest BCUT2D eigenvalue weighted by molar-refractivity contribution is 0.251. The van der Waals surface area contributed by atoms with E-state index >= 15 is 0 Å². The smallest absolute Gasteiger partial charge is 0.345 e. The molecular formula is C23H29N5O4. The van der Waals surface area contributed by atoms with Gasteiger partial charge in [0.2, 0.25) is 0 Å². The highest BCUT2D eigenvalue weighted by molar-refractivity contribution is 5.89. The Bertz CT molecular complexity index is 1070. The first-order valence-corrected chi connectivity index (χ1v) is 10.6. The number of hydrogen-bond acceptors (Lipinski definition) is 5. The minimum absolute atomic E-state index is 0.250. The van der Waals surface area contributed by atoms with Crippen LogP contribution in [0.5, 0.6) is 11.5 Å². The summed E-state index contributed by atoms with van der Waals surface area (Å²) in [5.41, 5.74) is 1.20. The molecule has 2 amide bonds. The van der Waals surface area contributed by atoms with Gasteiger partial charge in [0.1, 0.15) is 11.5 Å². The van der Waals surface area contributed by atoms with Crippen LogP contribution in [0.15, 0.2) is 53.3 Å². The van der Waals surface area contributed by atoms with Crippen LogP contribution in [0.1, 0.15) is 19.8 Å². The van der Waals surface area contributed by atoms with Crippen molar-refractivity contribution in [1.82, 2.24) is 19.7 Å². The first kappa shape index (κ1) is 22.9. The van der Waals surface area contributed by atoms with Crippen molar-refractivity contribution < 1.29 is 14.3 Å². The number of aromatic nitrogens is 3. The number of carbonyl (C=O) groups excluding carboxylic acids is 1. The van der Waals surface area contributed by atoms with Gasteiger partial charge in [0.15, 0.2) is 5.82 Å². The molecule has 0 unspecified atom stereocenters. The Morgan fingerprint density at radius 2 is 1.75 bits per heavy atom. The van der Waals surface area contributed by atoms with Gasteiger partial charge in [-0.05, 0) is 55.0 Å². The number of rotatable bonds is 10. The molecule has 1 aromatic heterocycles. The molecule has 3 rings (SSSR count). The SMILES string of the molecule is CCCCOc1ccc(NC(=O)NCCn2nc(-c3ccc(OC)cc3)n(C)c2=O)cc1. The van der Waals surface area contributed by atoms with Crippen molar-refractivity contribution in [2.75, 3.05) is 25.6 Å². The molecule has 0 saturated heterocycles. The fourth-order valence-electron chi connectivity index (χ4n) is 3.04. The molecule has 0 aliphatic carbocycles. The van der Waals surface area contributed by atoms with Gasteiger partial charge in [-0.2, -0.15) is 0 Å². The Morgan fingerprint density at radius 1 is 1.06 bits per heavy atom. The van der Waals surface area contributed by atoms with Gasteiger partial charge in [-0.15, -0.1) is 5.10 Å². The number of carbonyl (C=O) groups is 1. The monoisotopic (exact) mass is 439 g/mol. The fraction of sp³-hybridized carbons (Fsp3) is 0.348. The molecule has 0 saturated carbocycles. The highest BCUT2D eigenvalue weighted by Crippen LogP contribution is 2.19. The molecule has 0 fully saturated rings. The minimum Gasteiger partial charge on any atom is -0.497 e. The summed E-state index contributed by atoms with van der Waals surface area (Å²) in [7, 11) is 3.27. The second kappa shape index (κ2) is 11.0. The van der Waals surface area contributed by atoms with Gasteiger partial charge in [0.25, 0.3) is 0 Å². The normalized spacial score (nSPS) is 10.6. The number of nitrogens with one attached hydrogen (secondary N) is 2. The largest absolute Gasteiger partial charge is 0.497 e. The van der Waals surface area contributed by atoms with Crippen LogP contribution in [-0.4, -0.2) is 40.6 Å². The Labute approximate surface area is 187 Å². The standard InChI is InChI=1S/C23H29N5O4/c1-4-5-16-32-20-12-8-18(9-13-20)25-22(29)24-14-15-28-23(30)27(2)21(26-28)17-6-10-19(31-3)11-7-17/h6-13H,4-5,14-16H2,1-3H3,(H2,24,25,29). The number of methoxy groups -OCH3 is 1. The van der Waals surface area contributed by atoms with Crippen molar-refractivity contribution in [3.63, 3.8) is 0 Å².